The highest BCUT2D eigenvalue weighted by molar-refractivity contribution is 5.99. The molecular weight excluding hydrogens is 424 g/mol. The number of para-hydroxylation sites is 1. The number of rotatable bonds is 5. The molecule has 2 aromatic rings. The van der Waals surface area contributed by atoms with Crippen molar-refractivity contribution in [3.8, 4) is 0 Å². The normalized spacial score (nSPS) is 16.7. The lowest BCUT2D eigenvalue weighted by molar-refractivity contribution is -0.142. The summed E-state index contributed by atoms with van der Waals surface area (Å²) in [4.78, 5) is 7.61. The number of hydrogen-bond donors (Lipinski definition) is 0. The van der Waals surface area contributed by atoms with Crippen LogP contribution < -0.4 is 0 Å². The zero-order valence-electron chi connectivity index (χ0n) is 17.1. The average molecular weight is 447 g/mol. The van der Waals surface area contributed by atoms with Gasteiger partial charge in [-0.15, -0.1) is 0 Å². The fraction of sp³-hybridized carbons (Fsp3) is 0.500. The molecule has 0 saturated carbocycles. The molecule has 170 valence electrons. The molecule has 1 aliphatic rings. The monoisotopic (exact) mass is 447 g/mol. The summed E-state index contributed by atoms with van der Waals surface area (Å²) in [6, 6.07) is 3.93. The van der Waals surface area contributed by atoms with Gasteiger partial charge in [0.15, 0.2) is 0 Å². The number of halogens is 6. The standard InChI is InChI=1S/C20H23F6N5/c1-29(2)6-7-30-8-10-31(11-9-30)27-13-14-12-17(20(24,25)26)28-18-15(14)4-3-5-16(18)19(21,22)23/h3-5,12-13H,6-11H2,1-2H3/b27-13+. The largest absolute Gasteiger partial charge is 0.433 e. The Morgan fingerprint density at radius 3 is 2.29 bits per heavy atom. The molecule has 0 spiro atoms. The number of alkyl halides is 6. The molecule has 1 saturated heterocycles. The number of pyridine rings is 1. The molecule has 31 heavy (non-hydrogen) atoms. The van der Waals surface area contributed by atoms with Crippen LogP contribution in [0.5, 0.6) is 0 Å². The Balaban J connectivity index is 1.88. The number of likely N-dealkylation sites (N-methyl/N-ethyl adjacent to an activating group) is 1. The van der Waals surface area contributed by atoms with Crippen LogP contribution in [0.4, 0.5) is 26.3 Å². The van der Waals surface area contributed by atoms with Gasteiger partial charge in [-0.1, -0.05) is 12.1 Å². The van der Waals surface area contributed by atoms with Crippen molar-refractivity contribution in [2.45, 2.75) is 12.4 Å². The van der Waals surface area contributed by atoms with Crippen LogP contribution in [0.1, 0.15) is 16.8 Å². The summed E-state index contributed by atoms with van der Waals surface area (Å²) in [6.45, 7) is 4.45. The number of benzene rings is 1. The van der Waals surface area contributed by atoms with E-state index in [1.807, 2.05) is 14.1 Å². The van der Waals surface area contributed by atoms with Crippen molar-refractivity contribution in [1.29, 1.82) is 0 Å². The predicted molar refractivity (Wildman–Crippen MR) is 106 cm³/mol. The molecule has 0 N–H and O–H groups in total. The molecule has 3 rings (SSSR count). The number of aromatic nitrogens is 1. The molecular formula is C20H23F6N5. The summed E-state index contributed by atoms with van der Waals surface area (Å²) in [5.41, 5.74) is -3.38. The van der Waals surface area contributed by atoms with Crippen LogP contribution in [0.2, 0.25) is 0 Å². The third-order valence-electron chi connectivity index (χ3n) is 5.04. The van der Waals surface area contributed by atoms with E-state index in [-0.39, 0.29) is 10.9 Å². The summed E-state index contributed by atoms with van der Waals surface area (Å²) < 4.78 is 79.9. The second kappa shape index (κ2) is 8.99. The van der Waals surface area contributed by atoms with E-state index in [1.165, 1.54) is 12.3 Å². The van der Waals surface area contributed by atoms with E-state index < -0.39 is 29.1 Å². The lowest BCUT2D eigenvalue weighted by atomic mass is 10.0. The fourth-order valence-electron chi connectivity index (χ4n) is 3.32. The fourth-order valence-corrected chi connectivity index (χ4v) is 3.32. The summed E-state index contributed by atoms with van der Waals surface area (Å²) in [5.74, 6) is 0. The van der Waals surface area contributed by atoms with Gasteiger partial charge in [0.05, 0.1) is 17.3 Å². The number of hydrazone groups is 1. The Bertz CT molecular complexity index is 930. The van der Waals surface area contributed by atoms with Crippen molar-refractivity contribution in [2.75, 3.05) is 53.4 Å². The van der Waals surface area contributed by atoms with Gasteiger partial charge >= 0.3 is 12.4 Å². The summed E-state index contributed by atoms with van der Waals surface area (Å²) >= 11 is 0. The molecule has 5 nitrogen and oxygen atoms in total. The molecule has 0 radical (unpaired) electrons. The maximum atomic E-state index is 13.3. The highest BCUT2D eigenvalue weighted by Crippen LogP contribution is 2.37. The van der Waals surface area contributed by atoms with Crippen LogP contribution in [-0.2, 0) is 12.4 Å². The lowest BCUT2D eigenvalue weighted by Crippen LogP contribution is -2.46. The predicted octanol–water partition coefficient (Wildman–Crippen LogP) is 3.79. The van der Waals surface area contributed by atoms with Crippen molar-refractivity contribution < 1.29 is 26.3 Å². The van der Waals surface area contributed by atoms with Crippen LogP contribution in [0, 0.1) is 0 Å². The minimum Gasteiger partial charge on any atom is -0.308 e. The van der Waals surface area contributed by atoms with Crippen LogP contribution in [-0.4, -0.2) is 79.4 Å². The van der Waals surface area contributed by atoms with Gasteiger partial charge in [-0.25, -0.2) is 4.98 Å². The van der Waals surface area contributed by atoms with Gasteiger partial charge in [0.1, 0.15) is 5.69 Å². The molecule has 1 fully saturated rings. The smallest absolute Gasteiger partial charge is 0.308 e. The maximum Gasteiger partial charge on any atom is 0.433 e. The summed E-state index contributed by atoms with van der Waals surface area (Å²) in [5, 5.41) is 5.92. The van der Waals surface area contributed by atoms with E-state index >= 15 is 0 Å². The van der Waals surface area contributed by atoms with Crippen molar-refractivity contribution in [1.82, 2.24) is 19.8 Å². The van der Waals surface area contributed by atoms with Crippen molar-refractivity contribution in [2.24, 2.45) is 5.10 Å². The quantitative estimate of drug-likeness (QED) is 0.516. The molecule has 0 bridgehead atoms. The van der Waals surface area contributed by atoms with Crippen LogP contribution in [0.25, 0.3) is 10.9 Å². The highest BCUT2D eigenvalue weighted by Gasteiger charge is 2.37. The zero-order valence-corrected chi connectivity index (χ0v) is 17.1. The van der Waals surface area contributed by atoms with Gasteiger partial charge in [0, 0.05) is 50.2 Å². The molecule has 2 heterocycles. The first kappa shape index (κ1) is 23.3. The van der Waals surface area contributed by atoms with E-state index in [9.17, 15) is 26.3 Å². The second-order valence-corrected chi connectivity index (χ2v) is 7.64. The maximum absolute atomic E-state index is 13.3. The Kier molecular flexibility index (Phi) is 6.75. The molecule has 0 aliphatic carbocycles. The molecule has 0 unspecified atom stereocenters. The first-order chi connectivity index (χ1) is 14.4. The Morgan fingerprint density at radius 1 is 1.03 bits per heavy atom. The number of nitrogens with zero attached hydrogens (tertiary/aromatic N) is 5. The number of hydrogen-bond acceptors (Lipinski definition) is 5. The minimum absolute atomic E-state index is 0.0313. The van der Waals surface area contributed by atoms with Gasteiger partial charge in [-0.05, 0) is 26.2 Å². The third-order valence-corrected chi connectivity index (χ3v) is 5.04. The van der Waals surface area contributed by atoms with Crippen molar-refractivity contribution in [3.05, 3.63) is 41.1 Å². The molecule has 0 amide bonds. The van der Waals surface area contributed by atoms with Crippen molar-refractivity contribution in [3.63, 3.8) is 0 Å². The van der Waals surface area contributed by atoms with Crippen molar-refractivity contribution >= 4 is 17.1 Å². The third kappa shape index (κ3) is 5.85. The van der Waals surface area contributed by atoms with Gasteiger partial charge in [0.25, 0.3) is 0 Å². The first-order valence-electron chi connectivity index (χ1n) is 9.69. The average Bonchev–Trinajstić information content (AvgIpc) is 2.69. The molecule has 1 aliphatic heterocycles. The van der Waals surface area contributed by atoms with Gasteiger partial charge in [-0.3, -0.25) is 9.91 Å². The highest BCUT2D eigenvalue weighted by atomic mass is 19.4. The number of fused-ring (bicyclic) bond motifs is 1. The Morgan fingerprint density at radius 2 is 1.71 bits per heavy atom. The lowest BCUT2D eigenvalue weighted by Gasteiger charge is -2.33. The number of piperazine rings is 1. The summed E-state index contributed by atoms with van der Waals surface area (Å²) in [6.07, 6.45) is -8.52. The second-order valence-electron chi connectivity index (χ2n) is 7.64. The zero-order chi connectivity index (χ0) is 22.8. The molecule has 0 atom stereocenters. The van der Waals surface area contributed by atoms with E-state index in [4.69, 9.17) is 0 Å². The van der Waals surface area contributed by atoms with E-state index in [1.54, 1.807) is 5.01 Å². The molecule has 11 heteroatoms. The van der Waals surface area contributed by atoms with Crippen LogP contribution >= 0.6 is 0 Å². The Labute approximate surface area is 175 Å². The van der Waals surface area contributed by atoms with Gasteiger partial charge in [0.2, 0.25) is 0 Å². The van der Waals surface area contributed by atoms with E-state index in [0.717, 1.165) is 44.4 Å². The van der Waals surface area contributed by atoms with E-state index in [0.29, 0.717) is 13.1 Å². The Hall–Kier alpha value is -2.40. The topological polar surface area (TPSA) is 35.0 Å². The minimum atomic E-state index is -4.88. The van der Waals surface area contributed by atoms with Crippen LogP contribution in [0.15, 0.2) is 29.4 Å². The van der Waals surface area contributed by atoms with Gasteiger partial charge in [-0.2, -0.15) is 31.4 Å². The molecule has 1 aromatic heterocycles. The van der Waals surface area contributed by atoms with Crippen LogP contribution in [0.3, 0.4) is 0 Å². The van der Waals surface area contributed by atoms with E-state index in [2.05, 4.69) is 19.9 Å². The SMILES string of the molecule is CN(C)CCN1CCN(/N=C/c2cc(C(F)(F)F)nc3c(C(F)(F)F)cccc23)CC1. The summed E-state index contributed by atoms with van der Waals surface area (Å²) in [7, 11) is 3.97. The molecule has 1 aromatic carbocycles. The van der Waals surface area contributed by atoms with Gasteiger partial charge < -0.3 is 4.90 Å². The first-order valence-corrected chi connectivity index (χ1v) is 9.69.